The van der Waals surface area contributed by atoms with Crippen molar-refractivity contribution in [3.05, 3.63) is 57.8 Å². The number of aryl methyl sites for hydroxylation is 3. The lowest BCUT2D eigenvalue weighted by Crippen LogP contribution is -2.46. The molecule has 170 valence electrons. The van der Waals surface area contributed by atoms with E-state index in [0.29, 0.717) is 0 Å². The van der Waals surface area contributed by atoms with Gasteiger partial charge in [-0.2, -0.15) is 0 Å². The smallest absolute Gasteiger partial charge is 0.180 e. The summed E-state index contributed by atoms with van der Waals surface area (Å²) < 4.78 is 5.77. The Morgan fingerprint density at radius 1 is 0.844 bits per heavy atom. The monoisotopic (exact) mass is 468 g/mol. The van der Waals surface area contributed by atoms with Crippen LogP contribution in [0, 0.1) is 4.77 Å². The molecule has 0 aliphatic carbocycles. The van der Waals surface area contributed by atoms with E-state index in [-0.39, 0.29) is 0 Å². The lowest BCUT2D eigenvalue weighted by molar-refractivity contribution is 0.252. The van der Waals surface area contributed by atoms with Crippen LogP contribution in [-0.2, 0) is 19.5 Å². The van der Waals surface area contributed by atoms with Crippen molar-refractivity contribution in [1.29, 1.82) is 0 Å². The highest BCUT2D eigenvalue weighted by atomic mass is 35.5. The summed E-state index contributed by atoms with van der Waals surface area (Å²) in [4.78, 5) is 5.06. The molecule has 1 aromatic heterocycles. The van der Waals surface area contributed by atoms with Crippen LogP contribution in [0.25, 0.3) is 11.0 Å². The van der Waals surface area contributed by atoms with Crippen LogP contribution >= 0.6 is 23.8 Å². The Morgan fingerprint density at radius 2 is 1.62 bits per heavy atom. The Labute approximate surface area is 201 Å². The van der Waals surface area contributed by atoms with E-state index >= 15 is 0 Å². The Bertz CT molecular complexity index is 1130. The molecule has 1 saturated heterocycles. The quantitative estimate of drug-likeness (QED) is 0.291. The fourth-order valence-corrected chi connectivity index (χ4v) is 5.92. The number of para-hydroxylation sites is 1. The minimum absolute atomic E-state index is 0.823. The minimum Gasteiger partial charge on any atom is -0.369 e. The van der Waals surface area contributed by atoms with Gasteiger partial charge in [0.2, 0.25) is 0 Å². The van der Waals surface area contributed by atoms with Crippen LogP contribution in [0.3, 0.4) is 0 Å². The van der Waals surface area contributed by atoms with E-state index in [2.05, 4.69) is 49.3 Å². The average molecular weight is 469 g/mol. The van der Waals surface area contributed by atoms with Crippen molar-refractivity contribution in [2.45, 2.75) is 51.6 Å². The first-order valence-corrected chi connectivity index (χ1v) is 12.9. The molecule has 0 bridgehead atoms. The number of benzene rings is 2. The Balaban J connectivity index is 1.05. The van der Waals surface area contributed by atoms with Crippen molar-refractivity contribution in [2.75, 3.05) is 37.6 Å². The van der Waals surface area contributed by atoms with Gasteiger partial charge in [-0.1, -0.05) is 42.6 Å². The molecular weight excluding hydrogens is 436 g/mol. The zero-order chi connectivity index (χ0) is 21.9. The molecule has 2 aromatic carbocycles. The summed E-state index contributed by atoms with van der Waals surface area (Å²) in [7, 11) is 0. The van der Waals surface area contributed by atoms with E-state index in [1.54, 1.807) is 0 Å². The van der Waals surface area contributed by atoms with Gasteiger partial charge in [0.25, 0.3) is 0 Å². The maximum atomic E-state index is 6.15. The number of rotatable bonds is 8. The molecule has 0 unspecified atom stereocenters. The molecule has 3 aromatic rings. The van der Waals surface area contributed by atoms with Crippen molar-refractivity contribution in [1.82, 2.24) is 14.0 Å². The number of hydrogen-bond donors (Lipinski definition) is 0. The van der Waals surface area contributed by atoms with Gasteiger partial charge in [-0.15, -0.1) is 0 Å². The summed E-state index contributed by atoms with van der Waals surface area (Å²) >= 11 is 12.0. The van der Waals surface area contributed by atoms with E-state index in [1.807, 2.05) is 12.1 Å². The average Bonchev–Trinajstić information content (AvgIpc) is 3.10. The topological polar surface area (TPSA) is 16.3 Å². The summed E-state index contributed by atoms with van der Waals surface area (Å²) in [6.07, 6.45) is 7.46. The first-order valence-electron chi connectivity index (χ1n) is 12.1. The molecule has 6 heteroatoms. The van der Waals surface area contributed by atoms with Crippen LogP contribution in [0.1, 0.15) is 37.7 Å². The van der Waals surface area contributed by atoms with Crippen molar-refractivity contribution in [2.24, 2.45) is 0 Å². The molecule has 0 spiro atoms. The number of halogens is 1. The van der Waals surface area contributed by atoms with Crippen LogP contribution in [0.2, 0.25) is 5.02 Å². The second-order valence-corrected chi connectivity index (χ2v) is 10.00. The molecule has 5 rings (SSSR count). The molecule has 0 atom stereocenters. The Kier molecular flexibility index (Phi) is 6.86. The van der Waals surface area contributed by atoms with Crippen LogP contribution in [-0.4, -0.2) is 46.8 Å². The molecule has 1 fully saturated rings. The number of piperazine rings is 1. The predicted molar refractivity (Wildman–Crippen MR) is 138 cm³/mol. The molecule has 32 heavy (non-hydrogen) atoms. The predicted octanol–water partition coefficient (Wildman–Crippen LogP) is 6.15. The highest BCUT2D eigenvalue weighted by Gasteiger charge is 2.18. The molecule has 0 amide bonds. The first-order chi connectivity index (χ1) is 15.7. The van der Waals surface area contributed by atoms with E-state index in [1.165, 1.54) is 67.4 Å². The van der Waals surface area contributed by atoms with Crippen molar-refractivity contribution < 1.29 is 0 Å². The number of nitrogens with zero attached hydrogens (tertiary/aromatic N) is 4. The van der Waals surface area contributed by atoms with Gasteiger partial charge in [0, 0.05) is 50.0 Å². The fourth-order valence-electron chi connectivity index (χ4n) is 5.37. The Morgan fingerprint density at radius 3 is 2.44 bits per heavy atom. The second-order valence-electron chi connectivity index (χ2n) is 9.20. The third-order valence-electron chi connectivity index (χ3n) is 7.10. The zero-order valence-electron chi connectivity index (χ0n) is 18.8. The number of unbranched alkanes of at least 4 members (excludes halogenated alkanes) is 3. The first kappa shape index (κ1) is 22.0. The molecular formula is C26H33ClN4S. The van der Waals surface area contributed by atoms with Crippen molar-refractivity contribution in [3.8, 4) is 0 Å². The van der Waals surface area contributed by atoms with Gasteiger partial charge in [0.05, 0.1) is 11.0 Å². The molecule has 2 aliphatic rings. The normalized spacial score (nSPS) is 16.7. The van der Waals surface area contributed by atoms with Crippen LogP contribution in [0.4, 0.5) is 5.69 Å². The highest BCUT2D eigenvalue weighted by Crippen LogP contribution is 2.28. The van der Waals surface area contributed by atoms with Gasteiger partial charge in [-0.3, -0.25) is 4.90 Å². The van der Waals surface area contributed by atoms with E-state index in [4.69, 9.17) is 23.8 Å². The molecule has 0 radical (unpaired) electrons. The maximum absolute atomic E-state index is 6.15. The third-order valence-corrected chi connectivity index (χ3v) is 7.78. The summed E-state index contributed by atoms with van der Waals surface area (Å²) in [5.41, 5.74) is 5.44. The molecule has 4 nitrogen and oxygen atoms in total. The second kappa shape index (κ2) is 9.98. The lowest BCUT2D eigenvalue weighted by atomic mass is 10.0. The lowest BCUT2D eigenvalue weighted by Gasteiger charge is -2.36. The number of anilines is 1. The summed E-state index contributed by atoms with van der Waals surface area (Å²) in [5.74, 6) is 0. The summed E-state index contributed by atoms with van der Waals surface area (Å²) in [6, 6.07) is 14.9. The minimum atomic E-state index is 0.823. The molecule has 0 N–H and O–H groups in total. The number of hydrogen-bond acceptors (Lipinski definition) is 3. The molecule has 3 heterocycles. The number of aromatic nitrogens is 2. The van der Waals surface area contributed by atoms with Gasteiger partial charge in [-0.05, 0) is 74.3 Å². The van der Waals surface area contributed by atoms with Gasteiger partial charge in [-0.25, -0.2) is 0 Å². The van der Waals surface area contributed by atoms with Gasteiger partial charge < -0.3 is 14.0 Å². The fraction of sp³-hybridized carbons (Fsp3) is 0.500. The van der Waals surface area contributed by atoms with Crippen LogP contribution in [0.5, 0.6) is 0 Å². The van der Waals surface area contributed by atoms with Crippen LogP contribution < -0.4 is 4.90 Å². The van der Waals surface area contributed by atoms with E-state index in [0.717, 1.165) is 49.1 Å². The van der Waals surface area contributed by atoms with Crippen LogP contribution in [0.15, 0.2) is 42.5 Å². The van der Waals surface area contributed by atoms with Gasteiger partial charge in [0.1, 0.15) is 0 Å². The Hall–Kier alpha value is -1.82. The highest BCUT2D eigenvalue weighted by molar-refractivity contribution is 7.71. The van der Waals surface area contributed by atoms with Crippen molar-refractivity contribution >= 4 is 40.5 Å². The van der Waals surface area contributed by atoms with E-state index in [9.17, 15) is 0 Å². The summed E-state index contributed by atoms with van der Waals surface area (Å²) in [5, 5.41) is 0.823. The largest absolute Gasteiger partial charge is 0.369 e. The zero-order valence-corrected chi connectivity index (χ0v) is 20.4. The van der Waals surface area contributed by atoms with Gasteiger partial charge in [0.15, 0.2) is 4.77 Å². The standard InChI is InChI=1S/C26H33ClN4S/c27-22-10-6-11-23(20-22)29-18-16-28(17-19-29)13-3-1-2-4-14-30-24-12-5-8-21-9-7-15-31(25(21)24)26(30)32/h5-6,8,10-12,20H,1-4,7,9,13-19H2. The van der Waals surface area contributed by atoms with E-state index < -0.39 is 0 Å². The number of imidazole rings is 1. The maximum Gasteiger partial charge on any atom is 0.180 e. The molecule has 2 aliphatic heterocycles. The van der Waals surface area contributed by atoms with Crippen molar-refractivity contribution in [3.63, 3.8) is 0 Å². The van der Waals surface area contributed by atoms with Gasteiger partial charge >= 0.3 is 0 Å². The SMILES string of the molecule is S=c1n(CCCCCCN2CCN(c3cccc(Cl)c3)CC2)c2cccc3c2n1CCC3. The molecule has 0 saturated carbocycles. The third kappa shape index (κ3) is 4.61. The summed E-state index contributed by atoms with van der Waals surface area (Å²) in [6.45, 7) is 7.79.